The van der Waals surface area contributed by atoms with E-state index in [9.17, 15) is 29.4 Å². The van der Waals surface area contributed by atoms with E-state index in [1.807, 2.05) is 14.1 Å². The number of ether oxygens (including phenoxy) is 2. The van der Waals surface area contributed by atoms with Gasteiger partial charge in [0.1, 0.15) is 12.2 Å². The molecule has 0 heterocycles. The van der Waals surface area contributed by atoms with Gasteiger partial charge in [-0.05, 0) is 38.5 Å². The minimum atomic E-state index is -0.856. The van der Waals surface area contributed by atoms with E-state index in [2.05, 4.69) is 37.6 Å². The minimum absolute atomic E-state index is 0.135. The van der Waals surface area contributed by atoms with Crippen molar-refractivity contribution >= 4 is 23.8 Å². The summed E-state index contributed by atoms with van der Waals surface area (Å²) in [7, 11) is 4.04. The number of esters is 2. The van der Waals surface area contributed by atoms with E-state index in [0.29, 0.717) is 43.5 Å². The summed E-state index contributed by atoms with van der Waals surface area (Å²) in [5, 5.41) is 26.8. The maximum absolute atomic E-state index is 12.3. The van der Waals surface area contributed by atoms with Crippen molar-refractivity contribution in [1.29, 1.82) is 0 Å². The summed E-state index contributed by atoms with van der Waals surface area (Å²) < 4.78 is 11.2. The number of rotatable bonds is 28. The smallest absolute Gasteiger partial charge is 0.330 e. The van der Waals surface area contributed by atoms with E-state index in [-0.39, 0.29) is 37.5 Å². The first-order chi connectivity index (χ1) is 22.4. The van der Waals surface area contributed by atoms with Crippen LogP contribution in [0.5, 0.6) is 0 Å². The van der Waals surface area contributed by atoms with E-state index < -0.39 is 36.4 Å². The molecule has 0 rings (SSSR count). The number of aliphatic hydroxyl groups excluding tert-OH is 2. The van der Waals surface area contributed by atoms with Crippen LogP contribution in [-0.2, 0) is 28.7 Å². The number of unbranched alkanes of at least 4 members (excludes halogenated alkanes) is 4. The van der Waals surface area contributed by atoms with Gasteiger partial charge in [0.05, 0.1) is 52.5 Å². The molecule has 4 unspecified atom stereocenters. The molecular weight excluding hydrogens is 602 g/mol. The lowest BCUT2D eigenvalue weighted by Gasteiger charge is -2.29. The highest BCUT2D eigenvalue weighted by Crippen LogP contribution is 2.15. The standard InChI is InChI=1S/C36H61N3O8/c1-7-11-13-21-31(46-35(44)9-3)29(40)19-15-17-23-33(42)37-25-27-39(5,6)28-26-38-34(43)24-18-16-20-30(41)32(22-14-12-8-2)47-36(45)10-4/h9-10,15-18,29-32,40-41H,3-4,7-8,11-14,19-28H2,1-2,5-6H3,(H-,37,38,42,43)/p+1/b17-15+,18-16+. The monoisotopic (exact) mass is 664 g/mol. The Labute approximate surface area is 282 Å². The molecule has 0 aliphatic carbocycles. The second-order valence-corrected chi connectivity index (χ2v) is 12.4. The Kier molecular flexibility index (Phi) is 24.9. The summed E-state index contributed by atoms with van der Waals surface area (Å²) >= 11 is 0. The van der Waals surface area contributed by atoms with Gasteiger partial charge in [0.2, 0.25) is 11.8 Å². The Bertz CT molecular complexity index is 919. The molecule has 0 saturated carbocycles. The average Bonchev–Trinajstić information content (AvgIpc) is 3.03. The van der Waals surface area contributed by atoms with Crippen LogP contribution in [0.3, 0.4) is 0 Å². The second-order valence-electron chi connectivity index (χ2n) is 12.4. The fraction of sp³-hybridized carbons (Fsp3) is 0.667. The van der Waals surface area contributed by atoms with Crippen LogP contribution in [0, 0.1) is 0 Å². The third-order valence-electron chi connectivity index (χ3n) is 7.68. The lowest BCUT2D eigenvalue weighted by Crippen LogP contribution is -2.49. The van der Waals surface area contributed by atoms with Gasteiger partial charge in [-0.1, -0.05) is 77.0 Å². The van der Waals surface area contributed by atoms with E-state index in [4.69, 9.17) is 9.47 Å². The molecule has 0 aliphatic rings. The van der Waals surface area contributed by atoms with Crippen molar-refractivity contribution < 1.29 is 43.3 Å². The van der Waals surface area contributed by atoms with Crippen LogP contribution < -0.4 is 10.6 Å². The quantitative estimate of drug-likeness (QED) is 0.0322. The molecular formula is C36H62N3O8+. The number of hydrogen-bond donors (Lipinski definition) is 4. The molecule has 0 aromatic rings. The highest BCUT2D eigenvalue weighted by atomic mass is 16.6. The minimum Gasteiger partial charge on any atom is -0.456 e. The molecule has 4 atom stereocenters. The van der Waals surface area contributed by atoms with Crippen LogP contribution in [0.4, 0.5) is 0 Å². The van der Waals surface area contributed by atoms with Gasteiger partial charge in [-0.15, -0.1) is 0 Å². The molecule has 0 bridgehead atoms. The number of hydrogen-bond acceptors (Lipinski definition) is 8. The summed E-state index contributed by atoms with van der Waals surface area (Å²) in [5.74, 6) is -1.39. The molecule has 0 saturated heterocycles. The first-order valence-electron chi connectivity index (χ1n) is 17.1. The Morgan fingerprint density at radius 1 is 0.681 bits per heavy atom. The van der Waals surface area contributed by atoms with Crippen LogP contribution in [0.25, 0.3) is 0 Å². The number of carbonyl (C=O) groups excluding carboxylic acids is 4. The molecule has 0 radical (unpaired) electrons. The number of carbonyl (C=O) groups is 4. The van der Waals surface area contributed by atoms with Crippen LogP contribution >= 0.6 is 0 Å². The molecule has 11 nitrogen and oxygen atoms in total. The Morgan fingerprint density at radius 3 is 1.40 bits per heavy atom. The van der Waals surface area contributed by atoms with Gasteiger partial charge in [0.25, 0.3) is 0 Å². The van der Waals surface area contributed by atoms with Gasteiger partial charge in [0.15, 0.2) is 0 Å². The van der Waals surface area contributed by atoms with Crippen molar-refractivity contribution in [3.63, 3.8) is 0 Å². The molecule has 0 fully saturated rings. The molecule has 268 valence electrons. The van der Waals surface area contributed by atoms with Crippen LogP contribution in [0.15, 0.2) is 49.6 Å². The SMILES string of the molecule is C=CC(=O)OC(CCCCC)C(O)C/C=C/CC(=O)NCC[N+](C)(C)CCNC(=O)C/C=C/CC(O)C(CCCCC)OC(=O)C=C. The van der Waals surface area contributed by atoms with Gasteiger partial charge in [-0.25, -0.2) is 9.59 Å². The van der Waals surface area contributed by atoms with Gasteiger partial charge in [-0.3, -0.25) is 9.59 Å². The Balaban J connectivity index is 4.38. The Hall–Kier alpha value is -3.28. The first kappa shape index (κ1) is 43.7. The molecule has 11 heteroatoms. The van der Waals surface area contributed by atoms with Crippen molar-refractivity contribution in [3.05, 3.63) is 49.6 Å². The van der Waals surface area contributed by atoms with Crippen molar-refractivity contribution in [2.75, 3.05) is 40.3 Å². The average molecular weight is 665 g/mol. The molecule has 0 spiro atoms. The highest BCUT2D eigenvalue weighted by molar-refractivity contribution is 5.81. The molecule has 0 aromatic carbocycles. The van der Waals surface area contributed by atoms with Crippen LogP contribution in [0.1, 0.15) is 90.9 Å². The number of amides is 2. The summed E-state index contributed by atoms with van der Waals surface area (Å²) in [4.78, 5) is 47.8. The zero-order valence-corrected chi connectivity index (χ0v) is 29.3. The maximum Gasteiger partial charge on any atom is 0.330 e. The lowest BCUT2D eigenvalue weighted by atomic mass is 10.0. The number of aliphatic hydroxyl groups is 2. The molecule has 4 N–H and O–H groups in total. The summed E-state index contributed by atoms with van der Waals surface area (Å²) in [6.07, 6.45) is 13.8. The number of nitrogens with zero attached hydrogens (tertiary/aromatic N) is 1. The first-order valence-corrected chi connectivity index (χ1v) is 17.1. The van der Waals surface area contributed by atoms with E-state index in [1.54, 1.807) is 24.3 Å². The van der Waals surface area contributed by atoms with Crippen LogP contribution in [0.2, 0.25) is 0 Å². The van der Waals surface area contributed by atoms with Crippen molar-refractivity contribution in [2.24, 2.45) is 0 Å². The normalized spacial score (nSPS) is 14.3. The molecule has 47 heavy (non-hydrogen) atoms. The second kappa shape index (κ2) is 26.8. The third-order valence-corrected chi connectivity index (χ3v) is 7.68. The van der Waals surface area contributed by atoms with Crippen LogP contribution in [-0.4, -0.2) is 103 Å². The highest BCUT2D eigenvalue weighted by Gasteiger charge is 2.22. The van der Waals surface area contributed by atoms with E-state index >= 15 is 0 Å². The summed E-state index contributed by atoms with van der Waals surface area (Å²) in [5.41, 5.74) is 0. The Morgan fingerprint density at radius 2 is 1.06 bits per heavy atom. The van der Waals surface area contributed by atoms with Crippen molar-refractivity contribution in [2.45, 2.75) is 115 Å². The predicted octanol–water partition coefficient (Wildman–Crippen LogP) is 4.05. The fourth-order valence-corrected chi connectivity index (χ4v) is 4.65. The number of quaternary nitrogens is 1. The lowest BCUT2D eigenvalue weighted by molar-refractivity contribution is -0.887. The predicted molar refractivity (Wildman–Crippen MR) is 185 cm³/mol. The van der Waals surface area contributed by atoms with Gasteiger partial charge < -0.3 is 34.8 Å². The maximum atomic E-state index is 12.3. The topological polar surface area (TPSA) is 151 Å². The van der Waals surface area contributed by atoms with E-state index in [0.717, 1.165) is 50.7 Å². The molecule has 2 amide bonds. The number of likely N-dealkylation sites (N-methyl/N-ethyl adjacent to an activating group) is 1. The third kappa shape index (κ3) is 23.7. The molecule has 0 aliphatic heterocycles. The largest absolute Gasteiger partial charge is 0.456 e. The van der Waals surface area contributed by atoms with E-state index in [1.165, 1.54) is 0 Å². The van der Waals surface area contributed by atoms with Crippen molar-refractivity contribution in [3.8, 4) is 0 Å². The number of nitrogens with one attached hydrogen (secondary N) is 2. The van der Waals surface area contributed by atoms with Gasteiger partial charge in [-0.2, -0.15) is 0 Å². The zero-order chi connectivity index (χ0) is 35.5. The molecule has 0 aromatic heterocycles. The zero-order valence-electron chi connectivity index (χ0n) is 29.3. The van der Waals surface area contributed by atoms with Gasteiger partial charge in [0, 0.05) is 25.0 Å². The van der Waals surface area contributed by atoms with Gasteiger partial charge >= 0.3 is 11.9 Å². The van der Waals surface area contributed by atoms with Crippen molar-refractivity contribution in [1.82, 2.24) is 10.6 Å². The fourth-order valence-electron chi connectivity index (χ4n) is 4.65. The summed E-state index contributed by atoms with van der Waals surface area (Å²) in [6.45, 7) is 13.3. The summed E-state index contributed by atoms with van der Waals surface area (Å²) in [6, 6.07) is 0.